The highest BCUT2D eigenvalue weighted by Gasteiger charge is 2.20. The molecule has 3 heterocycles. The maximum atomic E-state index is 13.3. The molecule has 1 fully saturated rings. The highest BCUT2D eigenvalue weighted by atomic mass is 19.1. The molecule has 0 aromatic carbocycles. The van der Waals surface area contributed by atoms with Gasteiger partial charge < -0.3 is 9.47 Å². The van der Waals surface area contributed by atoms with Crippen LogP contribution in [0.1, 0.15) is 25.0 Å². The van der Waals surface area contributed by atoms with Crippen LogP contribution in [0.2, 0.25) is 0 Å². The number of piperazine rings is 1. The van der Waals surface area contributed by atoms with E-state index in [1.165, 1.54) is 6.20 Å². The van der Waals surface area contributed by atoms with Gasteiger partial charge in [-0.25, -0.2) is 4.39 Å². The fraction of sp³-hybridized carbons (Fsp3) is 0.562. The smallest absolute Gasteiger partial charge is 0.147 e. The molecule has 124 valence electrons. The lowest BCUT2D eigenvalue weighted by atomic mass is 10.2. The van der Waals surface area contributed by atoms with Crippen LogP contribution >= 0.6 is 0 Å². The summed E-state index contributed by atoms with van der Waals surface area (Å²) < 4.78 is 15.5. The normalized spacial score (nSPS) is 16.0. The van der Waals surface area contributed by atoms with Crippen molar-refractivity contribution in [1.82, 2.24) is 24.6 Å². The largest absolute Gasteiger partial charge is 0.368 e. The van der Waals surface area contributed by atoms with Gasteiger partial charge in [-0.05, 0) is 13.3 Å². The standard InChI is InChI=1S/C16H23FN6/c1-3-4-23-13(2)19-20-16(23)12-21-5-7-22(8-6-21)15-9-14(17)10-18-11-15/h9-11H,3-8,12H2,1-2H3. The van der Waals surface area contributed by atoms with Crippen molar-refractivity contribution in [3.05, 3.63) is 35.9 Å². The van der Waals surface area contributed by atoms with Gasteiger partial charge in [0, 0.05) is 38.8 Å². The first-order chi connectivity index (χ1) is 11.2. The average Bonchev–Trinajstić information content (AvgIpc) is 2.89. The number of hydrogen-bond donors (Lipinski definition) is 0. The predicted octanol–water partition coefficient (Wildman–Crippen LogP) is 1.85. The minimum atomic E-state index is -0.284. The molecule has 2 aromatic rings. The highest BCUT2D eigenvalue weighted by Crippen LogP contribution is 2.17. The summed E-state index contributed by atoms with van der Waals surface area (Å²) in [5.41, 5.74) is 0.856. The Hall–Kier alpha value is -2.02. The average molecular weight is 318 g/mol. The summed E-state index contributed by atoms with van der Waals surface area (Å²) >= 11 is 0. The van der Waals surface area contributed by atoms with Gasteiger partial charge in [0.1, 0.15) is 17.5 Å². The van der Waals surface area contributed by atoms with Crippen LogP contribution in [0.25, 0.3) is 0 Å². The van der Waals surface area contributed by atoms with E-state index in [0.717, 1.165) is 63.0 Å². The van der Waals surface area contributed by atoms with Gasteiger partial charge in [0.2, 0.25) is 0 Å². The van der Waals surface area contributed by atoms with Crippen molar-refractivity contribution >= 4 is 5.69 Å². The van der Waals surface area contributed by atoms with Crippen LogP contribution in [0.15, 0.2) is 18.5 Å². The monoisotopic (exact) mass is 318 g/mol. The summed E-state index contributed by atoms with van der Waals surface area (Å²) in [4.78, 5) is 8.48. The first kappa shape index (κ1) is 15.9. The van der Waals surface area contributed by atoms with Gasteiger partial charge in [0.15, 0.2) is 0 Å². The fourth-order valence-corrected chi connectivity index (χ4v) is 2.99. The fourth-order valence-electron chi connectivity index (χ4n) is 2.99. The third kappa shape index (κ3) is 3.67. The van der Waals surface area contributed by atoms with Crippen LogP contribution in [0.4, 0.5) is 10.1 Å². The Kier molecular flexibility index (Phi) is 4.85. The van der Waals surface area contributed by atoms with Crippen molar-refractivity contribution in [1.29, 1.82) is 0 Å². The number of pyridine rings is 1. The molecule has 0 spiro atoms. The Balaban J connectivity index is 1.59. The molecule has 0 saturated carbocycles. The molecular weight excluding hydrogens is 295 g/mol. The van der Waals surface area contributed by atoms with Crippen molar-refractivity contribution in [3.8, 4) is 0 Å². The Labute approximate surface area is 135 Å². The summed E-state index contributed by atoms with van der Waals surface area (Å²) in [5, 5.41) is 8.51. The Morgan fingerprint density at radius 3 is 2.61 bits per heavy atom. The maximum absolute atomic E-state index is 13.3. The van der Waals surface area contributed by atoms with Gasteiger partial charge in [0.25, 0.3) is 0 Å². The number of aryl methyl sites for hydroxylation is 1. The summed E-state index contributed by atoms with van der Waals surface area (Å²) in [6.07, 6.45) is 4.04. The second-order valence-corrected chi connectivity index (χ2v) is 5.94. The lowest BCUT2D eigenvalue weighted by Gasteiger charge is -2.35. The van der Waals surface area contributed by atoms with E-state index in [1.807, 2.05) is 6.92 Å². The molecule has 0 bridgehead atoms. The highest BCUT2D eigenvalue weighted by molar-refractivity contribution is 5.44. The van der Waals surface area contributed by atoms with E-state index < -0.39 is 0 Å². The Morgan fingerprint density at radius 2 is 1.91 bits per heavy atom. The van der Waals surface area contributed by atoms with Gasteiger partial charge in [-0.2, -0.15) is 0 Å². The van der Waals surface area contributed by atoms with E-state index >= 15 is 0 Å². The van der Waals surface area contributed by atoms with E-state index in [-0.39, 0.29) is 5.82 Å². The molecule has 0 unspecified atom stereocenters. The summed E-state index contributed by atoms with van der Waals surface area (Å²) in [5.74, 6) is 1.73. The van der Waals surface area contributed by atoms with Crippen molar-refractivity contribution in [2.75, 3.05) is 31.1 Å². The maximum Gasteiger partial charge on any atom is 0.147 e. The molecular formula is C16H23FN6. The summed E-state index contributed by atoms with van der Waals surface area (Å²) in [6, 6.07) is 1.55. The molecule has 23 heavy (non-hydrogen) atoms. The SMILES string of the molecule is CCCn1c(C)nnc1CN1CCN(c2cncc(F)c2)CC1. The van der Waals surface area contributed by atoms with E-state index in [4.69, 9.17) is 0 Å². The van der Waals surface area contributed by atoms with Gasteiger partial charge in [-0.1, -0.05) is 6.92 Å². The molecule has 0 amide bonds. The number of anilines is 1. The molecule has 0 N–H and O–H groups in total. The minimum Gasteiger partial charge on any atom is -0.368 e. The van der Waals surface area contributed by atoms with Gasteiger partial charge in [-0.15, -0.1) is 10.2 Å². The van der Waals surface area contributed by atoms with E-state index in [0.29, 0.717) is 0 Å². The quantitative estimate of drug-likeness (QED) is 0.842. The van der Waals surface area contributed by atoms with Crippen LogP contribution in [-0.4, -0.2) is 50.8 Å². The number of halogens is 1. The molecule has 1 aliphatic rings. The Morgan fingerprint density at radius 1 is 1.13 bits per heavy atom. The molecule has 1 aliphatic heterocycles. The van der Waals surface area contributed by atoms with E-state index in [9.17, 15) is 4.39 Å². The molecule has 2 aromatic heterocycles. The summed E-state index contributed by atoms with van der Waals surface area (Å²) in [6.45, 7) is 9.52. The molecule has 0 atom stereocenters. The zero-order valence-corrected chi connectivity index (χ0v) is 13.7. The third-order valence-corrected chi connectivity index (χ3v) is 4.25. The second-order valence-electron chi connectivity index (χ2n) is 5.94. The molecule has 6 nitrogen and oxygen atoms in total. The molecule has 0 radical (unpaired) electrons. The molecule has 1 saturated heterocycles. The van der Waals surface area contributed by atoms with Gasteiger partial charge >= 0.3 is 0 Å². The second kappa shape index (κ2) is 7.04. The molecule has 3 rings (SSSR count). The van der Waals surface area contributed by atoms with Crippen molar-refractivity contribution in [3.63, 3.8) is 0 Å². The van der Waals surface area contributed by atoms with Crippen LogP contribution < -0.4 is 4.90 Å². The summed E-state index contributed by atoms with van der Waals surface area (Å²) in [7, 11) is 0. The number of hydrogen-bond acceptors (Lipinski definition) is 5. The first-order valence-corrected chi connectivity index (χ1v) is 8.14. The lowest BCUT2D eigenvalue weighted by Crippen LogP contribution is -2.46. The van der Waals surface area contributed by atoms with E-state index in [1.54, 1.807) is 12.3 Å². The predicted molar refractivity (Wildman–Crippen MR) is 86.7 cm³/mol. The molecule has 0 aliphatic carbocycles. The first-order valence-electron chi connectivity index (χ1n) is 8.14. The van der Waals surface area contributed by atoms with Crippen LogP contribution in [0.3, 0.4) is 0 Å². The van der Waals surface area contributed by atoms with Crippen LogP contribution in [0, 0.1) is 12.7 Å². The Bertz CT molecular complexity index is 648. The van der Waals surface area contributed by atoms with Crippen molar-refractivity contribution in [2.45, 2.75) is 33.4 Å². The number of aromatic nitrogens is 4. The van der Waals surface area contributed by atoms with Gasteiger partial charge in [-0.3, -0.25) is 9.88 Å². The van der Waals surface area contributed by atoms with E-state index in [2.05, 4.69) is 36.5 Å². The minimum absolute atomic E-state index is 0.284. The van der Waals surface area contributed by atoms with Gasteiger partial charge in [0.05, 0.1) is 24.6 Å². The number of rotatable bonds is 5. The molecule has 7 heteroatoms. The third-order valence-electron chi connectivity index (χ3n) is 4.25. The number of nitrogens with zero attached hydrogens (tertiary/aromatic N) is 6. The van der Waals surface area contributed by atoms with Crippen molar-refractivity contribution in [2.24, 2.45) is 0 Å². The van der Waals surface area contributed by atoms with Crippen LogP contribution in [0.5, 0.6) is 0 Å². The van der Waals surface area contributed by atoms with Crippen LogP contribution in [-0.2, 0) is 13.1 Å². The lowest BCUT2D eigenvalue weighted by molar-refractivity contribution is 0.240. The zero-order valence-electron chi connectivity index (χ0n) is 13.7. The topological polar surface area (TPSA) is 50.1 Å². The van der Waals surface area contributed by atoms with Crippen molar-refractivity contribution < 1.29 is 4.39 Å². The zero-order chi connectivity index (χ0) is 16.2.